The fourth-order valence-corrected chi connectivity index (χ4v) is 3.65. The van der Waals surface area contributed by atoms with Gasteiger partial charge >= 0.3 is 10.1 Å². The van der Waals surface area contributed by atoms with E-state index in [0.717, 1.165) is 11.8 Å². The zero-order valence-corrected chi connectivity index (χ0v) is 17.0. The molecule has 1 aromatic heterocycles. The third kappa shape index (κ3) is 4.84. The molecule has 0 aliphatic carbocycles. The molecule has 0 aliphatic rings. The van der Waals surface area contributed by atoms with Gasteiger partial charge in [0.15, 0.2) is 0 Å². The van der Waals surface area contributed by atoms with Gasteiger partial charge in [0.2, 0.25) is 0 Å². The fraction of sp³-hybridized carbons (Fsp3) is 0.150. The quantitative estimate of drug-likeness (QED) is 0.319. The second-order valence-electron chi connectivity index (χ2n) is 6.49. The lowest BCUT2D eigenvalue weighted by molar-refractivity contribution is -0.385. The van der Waals surface area contributed by atoms with Gasteiger partial charge in [0.25, 0.3) is 11.6 Å². The molecule has 10 heteroatoms. The van der Waals surface area contributed by atoms with Gasteiger partial charge < -0.3 is 13.5 Å². The lowest BCUT2D eigenvalue weighted by Gasteiger charge is -2.16. The van der Waals surface area contributed by atoms with Gasteiger partial charge in [-0.1, -0.05) is 6.07 Å². The minimum Gasteiger partial charge on any atom is -0.464 e. The molecule has 0 aliphatic heterocycles. The highest BCUT2D eigenvalue weighted by molar-refractivity contribution is 7.87. The Morgan fingerprint density at radius 1 is 1.13 bits per heavy atom. The van der Waals surface area contributed by atoms with E-state index in [1.54, 1.807) is 13.1 Å². The average molecular weight is 430 g/mol. The van der Waals surface area contributed by atoms with Gasteiger partial charge in [-0.25, -0.2) is 0 Å². The van der Waals surface area contributed by atoms with Crippen LogP contribution in [0.2, 0.25) is 0 Å². The molecule has 0 radical (unpaired) electrons. The average Bonchev–Trinajstić information content (AvgIpc) is 3.12. The molecule has 2 aromatic carbocycles. The van der Waals surface area contributed by atoms with E-state index >= 15 is 0 Å². The largest absolute Gasteiger partial charge is 0.464 e. The fourth-order valence-electron chi connectivity index (χ4n) is 2.68. The Morgan fingerprint density at radius 2 is 1.83 bits per heavy atom. The second-order valence-corrected chi connectivity index (χ2v) is 8.04. The topological polar surface area (TPSA) is 120 Å². The third-order valence-corrected chi connectivity index (χ3v) is 5.40. The predicted octanol–water partition coefficient (Wildman–Crippen LogP) is 3.54. The molecule has 156 valence electrons. The van der Waals surface area contributed by atoms with Crippen LogP contribution in [-0.4, -0.2) is 31.2 Å². The van der Waals surface area contributed by atoms with Crippen molar-refractivity contribution in [3.8, 4) is 5.75 Å². The summed E-state index contributed by atoms with van der Waals surface area (Å²) in [5, 5.41) is 10.8. The molecule has 9 nitrogen and oxygen atoms in total. The number of hydrogen-bond donors (Lipinski definition) is 0. The van der Waals surface area contributed by atoms with Crippen LogP contribution >= 0.6 is 0 Å². The third-order valence-electron chi connectivity index (χ3n) is 4.16. The normalized spacial score (nSPS) is 11.1. The lowest BCUT2D eigenvalue weighted by atomic mass is 10.2. The first-order valence-corrected chi connectivity index (χ1v) is 10.2. The Bertz CT molecular complexity index is 1180. The van der Waals surface area contributed by atoms with Gasteiger partial charge in [-0.05, 0) is 49.4 Å². The van der Waals surface area contributed by atoms with Crippen LogP contribution in [-0.2, 0) is 16.7 Å². The molecule has 0 saturated carbocycles. The number of benzene rings is 2. The highest BCUT2D eigenvalue weighted by Crippen LogP contribution is 2.23. The highest BCUT2D eigenvalue weighted by Gasteiger charge is 2.20. The maximum Gasteiger partial charge on any atom is 0.339 e. The van der Waals surface area contributed by atoms with Gasteiger partial charge in [-0.15, -0.1) is 0 Å². The number of carbonyl (C=O) groups excluding carboxylic acids is 1. The zero-order chi connectivity index (χ0) is 21.9. The summed E-state index contributed by atoms with van der Waals surface area (Å²) in [5.41, 5.74) is -0.0312. The zero-order valence-electron chi connectivity index (χ0n) is 16.1. The summed E-state index contributed by atoms with van der Waals surface area (Å²) in [7, 11) is -2.65. The van der Waals surface area contributed by atoms with Gasteiger partial charge in [-0.3, -0.25) is 14.9 Å². The van der Waals surface area contributed by atoms with Crippen LogP contribution < -0.4 is 4.18 Å². The van der Waals surface area contributed by atoms with Crippen molar-refractivity contribution in [2.75, 3.05) is 7.05 Å². The minimum absolute atomic E-state index is 0.0256. The van der Waals surface area contributed by atoms with Gasteiger partial charge in [0.05, 0.1) is 11.5 Å². The number of nitrogens with zero attached hydrogens (tertiary/aromatic N) is 2. The van der Waals surface area contributed by atoms with Gasteiger partial charge in [0.1, 0.15) is 22.2 Å². The van der Waals surface area contributed by atoms with Crippen molar-refractivity contribution in [1.29, 1.82) is 0 Å². The van der Waals surface area contributed by atoms with E-state index in [1.807, 2.05) is 13.0 Å². The Kier molecular flexibility index (Phi) is 5.88. The van der Waals surface area contributed by atoms with Crippen LogP contribution in [0.15, 0.2) is 70.0 Å². The van der Waals surface area contributed by atoms with Crippen LogP contribution in [0.3, 0.4) is 0 Å². The summed E-state index contributed by atoms with van der Waals surface area (Å²) >= 11 is 0. The highest BCUT2D eigenvalue weighted by atomic mass is 32.2. The number of hydrogen-bond acceptors (Lipinski definition) is 7. The predicted molar refractivity (Wildman–Crippen MR) is 107 cm³/mol. The van der Waals surface area contributed by atoms with Crippen molar-refractivity contribution in [1.82, 2.24) is 4.90 Å². The van der Waals surface area contributed by atoms with Crippen molar-refractivity contribution >= 4 is 21.7 Å². The van der Waals surface area contributed by atoms with Crippen LogP contribution in [0, 0.1) is 17.0 Å². The smallest absolute Gasteiger partial charge is 0.339 e. The van der Waals surface area contributed by atoms with E-state index in [2.05, 4.69) is 0 Å². The number of aryl methyl sites for hydroxylation is 1. The van der Waals surface area contributed by atoms with Crippen molar-refractivity contribution in [2.24, 2.45) is 0 Å². The summed E-state index contributed by atoms with van der Waals surface area (Å²) in [6.45, 7) is 2.10. The number of nitro benzene ring substituents is 1. The first-order chi connectivity index (χ1) is 14.2. The standard InChI is InChI=1S/C20H18N2O7S/c1-14-6-9-18(28-14)13-21(2)20(23)15-7-10-17(11-8-15)29-30(26,27)19-5-3-4-16(12-19)22(24)25/h3-12H,13H2,1-2H3. The second kappa shape index (κ2) is 8.37. The van der Waals surface area contributed by atoms with Crippen LogP contribution in [0.1, 0.15) is 21.9 Å². The van der Waals surface area contributed by atoms with E-state index < -0.39 is 15.0 Å². The Labute approximate surface area is 172 Å². The molecule has 30 heavy (non-hydrogen) atoms. The molecule has 0 unspecified atom stereocenters. The Hall–Kier alpha value is -3.66. The van der Waals surface area contributed by atoms with E-state index in [1.165, 1.54) is 47.4 Å². The number of rotatable bonds is 7. The van der Waals surface area contributed by atoms with E-state index in [-0.39, 0.29) is 28.8 Å². The van der Waals surface area contributed by atoms with E-state index in [9.17, 15) is 23.3 Å². The van der Waals surface area contributed by atoms with Crippen LogP contribution in [0.5, 0.6) is 5.75 Å². The maximum absolute atomic E-state index is 12.5. The number of nitro groups is 1. The summed E-state index contributed by atoms with van der Waals surface area (Å²) in [6, 6.07) is 13.7. The van der Waals surface area contributed by atoms with Crippen LogP contribution in [0.4, 0.5) is 5.69 Å². The summed E-state index contributed by atoms with van der Waals surface area (Å²) < 4.78 is 35.2. The van der Waals surface area contributed by atoms with Crippen molar-refractivity contribution in [3.05, 3.63) is 87.9 Å². The molecule has 0 bridgehead atoms. The van der Waals surface area contributed by atoms with E-state index in [0.29, 0.717) is 11.3 Å². The maximum atomic E-state index is 12.5. The molecule has 0 N–H and O–H groups in total. The molecule has 3 aromatic rings. The lowest BCUT2D eigenvalue weighted by Crippen LogP contribution is -2.25. The Balaban J connectivity index is 1.71. The van der Waals surface area contributed by atoms with E-state index in [4.69, 9.17) is 8.60 Å². The molecular formula is C20H18N2O7S. The van der Waals surface area contributed by atoms with Crippen LogP contribution in [0.25, 0.3) is 0 Å². The number of amides is 1. The van der Waals surface area contributed by atoms with Gasteiger partial charge in [-0.2, -0.15) is 8.42 Å². The number of non-ortho nitro benzene ring substituents is 1. The summed E-state index contributed by atoms with van der Waals surface area (Å²) in [5.74, 6) is 1.09. The molecular weight excluding hydrogens is 412 g/mol. The number of furan rings is 1. The summed E-state index contributed by atoms with van der Waals surface area (Å²) in [6.07, 6.45) is 0. The molecule has 0 saturated heterocycles. The molecule has 0 fully saturated rings. The Morgan fingerprint density at radius 3 is 2.43 bits per heavy atom. The molecule has 0 atom stereocenters. The monoisotopic (exact) mass is 430 g/mol. The molecule has 0 spiro atoms. The number of carbonyl (C=O) groups is 1. The first kappa shape index (κ1) is 21.1. The van der Waals surface area contributed by atoms with Crippen molar-refractivity contribution in [2.45, 2.75) is 18.4 Å². The molecule has 3 rings (SSSR count). The molecule has 1 heterocycles. The minimum atomic E-state index is -4.27. The molecule has 1 amide bonds. The van der Waals surface area contributed by atoms with Crippen molar-refractivity contribution in [3.63, 3.8) is 0 Å². The summed E-state index contributed by atoms with van der Waals surface area (Å²) in [4.78, 5) is 23.8. The SMILES string of the molecule is Cc1ccc(CN(C)C(=O)c2ccc(OS(=O)(=O)c3cccc([N+](=O)[O-])c3)cc2)o1. The van der Waals surface area contributed by atoms with Gasteiger partial charge in [0, 0.05) is 24.7 Å². The van der Waals surface area contributed by atoms with Crippen molar-refractivity contribution < 1.29 is 26.7 Å². The first-order valence-electron chi connectivity index (χ1n) is 8.75.